The third-order valence-corrected chi connectivity index (χ3v) is 4.44. The third kappa shape index (κ3) is 3.56. The first-order valence-corrected chi connectivity index (χ1v) is 7.41. The summed E-state index contributed by atoms with van der Waals surface area (Å²) in [7, 11) is 0. The van der Waals surface area contributed by atoms with E-state index in [0.29, 0.717) is 6.42 Å². The Morgan fingerprint density at radius 2 is 2.18 bits per heavy atom. The molecule has 0 aromatic heterocycles. The molecule has 1 aliphatic carbocycles. The van der Waals surface area contributed by atoms with Gasteiger partial charge in [-0.2, -0.15) is 0 Å². The second kappa shape index (κ2) is 6.62. The Kier molecular flexibility index (Phi) is 5.03. The van der Waals surface area contributed by atoms with Crippen LogP contribution in [0.15, 0.2) is 18.2 Å². The van der Waals surface area contributed by atoms with Gasteiger partial charge in [0.15, 0.2) is 0 Å². The lowest BCUT2D eigenvalue weighted by atomic mass is 9.86. The number of benzene rings is 1. The highest BCUT2D eigenvalue weighted by atomic mass is 35.5. The molecule has 2 unspecified atom stereocenters. The number of amides is 2. The Bertz CT molecular complexity index is 596. The zero-order valence-corrected chi connectivity index (χ0v) is 12.9. The van der Waals surface area contributed by atoms with E-state index >= 15 is 0 Å². The standard InChI is InChI=1S/C15H18ClFN2O3/c1-15(8-20)6-2-3-12(15)19-14(22)13(21)18-9-4-5-10(16)11(17)7-9/h4-5,7,12,20H,2-3,6,8H2,1H3,(H,18,21)(H,19,22). The van der Waals surface area contributed by atoms with Gasteiger partial charge >= 0.3 is 11.8 Å². The maximum atomic E-state index is 13.3. The summed E-state index contributed by atoms with van der Waals surface area (Å²) in [5, 5.41) is 14.3. The number of carbonyl (C=O) groups is 2. The first-order valence-electron chi connectivity index (χ1n) is 7.03. The fourth-order valence-corrected chi connectivity index (χ4v) is 2.77. The molecule has 0 saturated heterocycles. The second-order valence-corrected chi connectivity index (χ2v) is 6.22. The lowest BCUT2D eigenvalue weighted by molar-refractivity contribution is -0.137. The van der Waals surface area contributed by atoms with Crippen LogP contribution in [0.1, 0.15) is 26.2 Å². The Morgan fingerprint density at radius 3 is 2.82 bits per heavy atom. The number of hydrogen-bond donors (Lipinski definition) is 3. The van der Waals surface area contributed by atoms with Crippen LogP contribution < -0.4 is 10.6 Å². The number of rotatable bonds is 3. The zero-order valence-electron chi connectivity index (χ0n) is 12.2. The highest BCUT2D eigenvalue weighted by molar-refractivity contribution is 6.39. The van der Waals surface area contributed by atoms with Crippen LogP contribution >= 0.6 is 11.6 Å². The molecule has 0 spiro atoms. The average Bonchev–Trinajstić information content (AvgIpc) is 2.84. The lowest BCUT2D eigenvalue weighted by Gasteiger charge is -2.29. The predicted molar refractivity (Wildman–Crippen MR) is 81.0 cm³/mol. The number of hydrogen-bond acceptors (Lipinski definition) is 3. The molecule has 0 aliphatic heterocycles. The van der Waals surface area contributed by atoms with Crippen molar-refractivity contribution in [3.63, 3.8) is 0 Å². The maximum Gasteiger partial charge on any atom is 0.313 e. The van der Waals surface area contributed by atoms with Crippen LogP contribution in [0.3, 0.4) is 0 Å². The Balaban J connectivity index is 1.97. The average molecular weight is 329 g/mol. The first-order chi connectivity index (χ1) is 10.4. The van der Waals surface area contributed by atoms with Crippen molar-refractivity contribution in [3.8, 4) is 0 Å². The summed E-state index contributed by atoms with van der Waals surface area (Å²) >= 11 is 5.55. The summed E-state index contributed by atoms with van der Waals surface area (Å²) < 4.78 is 13.3. The van der Waals surface area contributed by atoms with Gasteiger partial charge in [-0.25, -0.2) is 4.39 Å². The molecule has 0 bridgehead atoms. The van der Waals surface area contributed by atoms with Crippen molar-refractivity contribution in [3.05, 3.63) is 29.0 Å². The van der Waals surface area contributed by atoms with Crippen LogP contribution in [-0.4, -0.2) is 29.6 Å². The molecule has 2 amide bonds. The van der Waals surface area contributed by atoms with E-state index < -0.39 is 23.0 Å². The number of aliphatic hydroxyl groups is 1. The molecule has 3 N–H and O–H groups in total. The van der Waals surface area contributed by atoms with Gasteiger partial charge in [-0.15, -0.1) is 0 Å². The van der Waals surface area contributed by atoms with E-state index in [2.05, 4.69) is 10.6 Å². The monoisotopic (exact) mass is 328 g/mol. The van der Waals surface area contributed by atoms with Crippen molar-refractivity contribution in [1.82, 2.24) is 5.32 Å². The summed E-state index contributed by atoms with van der Waals surface area (Å²) in [5.74, 6) is -2.36. The molecular weight excluding hydrogens is 311 g/mol. The zero-order chi connectivity index (χ0) is 16.3. The van der Waals surface area contributed by atoms with E-state index in [-0.39, 0.29) is 23.4 Å². The van der Waals surface area contributed by atoms with Gasteiger partial charge in [0.1, 0.15) is 5.82 Å². The molecular formula is C15H18ClFN2O3. The highest BCUT2D eigenvalue weighted by Gasteiger charge is 2.39. The van der Waals surface area contributed by atoms with Crippen molar-refractivity contribution in [2.24, 2.45) is 5.41 Å². The van der Waals surface area contributed by atoms with Gasteiger partial charge in [-0.3, -0.25) is 9.59 Å². The molecule has 5 nitrogen and oxygen atoms in total. The van der Waals surface area contributed by atoms with Crippen molar-refractivity contribution >= 4 is 29.1 Å². The fraction of sp³-hybridized carbons (Fsp3) is 0.467. The van der Waals surface area contributed by atoms with E-state index in [1.165, 1.54) is 12.1 Å². The third-order valence-electron chi connectivity index (χ3n) is 4.13. The summed E-state index contributed by atoms with van der Waals surface area (Å²) in [4.78, 5) is 23.8. The van der Waals surface area contributed by atoms with Gasteiger partial charge in [-0.05, 0) is 31.0 Å². The molecule has 0 radical (unpaired) electrons. The lowest BCUT2D eigenvalue weighted by Crippen LogP contribution is -2.48. The summed E-state index contributed by atoms with van der Waals surface area (Å²) in [6.07, 6.45) is 2.39. The number of halogens is 2. The molecule has 1 fully saturated rings. The Morgan fingerprint density at radius 1 is 1.45 bits per heavy atom. The molecule has 1 aromatic rings. The number of nitrogens with one attached hydrogen (secondary N) is 2. The van der Waals surface area contributed by atoms with E-state index in [0.717, 1.165) is 18.9 Å². The van der Waals surface area contributed by atoms with E-state index in [9.17, 15) is 19.1 Å². The summed E-state index contributed by atoms with van der Waals surface area (Å²) in [5.41, 5.74) is -0.263. The summed E-state index contributed by atoms with van der Waals surface area (Å²) in [6.45, 7) is 1.82. The number of carbonyl (C=O) groups excluding carboxylic acids is 2. The molecule has 1 aromatic carbocycles. The van der Waals surface area contributed by atoms with E-state index in [1.54, 1.807) is 0 Å². The van der Waals surface area contributed by atoms with Gasteiger partial charge in [0.25, 0.3) is 0 Å². The molecule has 1 saturated carbocycles. The molecule has 22 heavy (non-hydrogen) atoms. The SMILES string of the molecule is CC1(CO)CCCC1NC(=O)C(=O)Nc1ccc(Cl)c(F)c1. The van der Waals surface area contributed by atoms with Crippen LogP contribution in [-0.2, 0) is 9.59 Å². The van der Waals surface area contributed by atoms with Crippen LogP contribution in [0, 0.1) is 11.2 Å². The minimum absolute atomic E-state index is 0.0536. The predicted octanol–water partition coefficient (Wildman–Crippen LogP) is 2.08. The molecule has 2 rings (SSSR count). The van der Waals surface area contributed by atoms with Gasteiger partial charge in [0, 0.05) is 17.1 Å². The number of anilines is 1. The molecule has 7 heteroatoms. The fourth-order valence-electron chi connectivity index (χ4n) is 2.65. The minimum atomic E-state index is -0.881. The molecule has 120 valence electrons. The van der Waals surface area contributed by atoms with Gasteiger partial charge in [-0.1, -0.05) is 24.9 Å². The second-order valence-electron chi connectivity index (χ2n) is 5.81. The van der Waals surface area contributed by atoms with Crippen molar-refractivity contribution in [2.45, 2.75) is 32.2 Å². The Labute approximate surface area is 132 Å². The highest BCUT2D eigenvalue weighted by Crippen LogP contribution is 2.37. The largest absolute Gasteiger partial charge is 0.396 e. The van der Waals surface area contributed by atoms with Crippen molar-refractivity contribution < 1.29 is 19.1 Å². The van der Waals surface area contributed by atoms with Crippen molar-refractivity contribution in [2.75, 3.05) is 11.9 Å². The Hall–Kier alpha value is -1.66. The maximum absolute atomic E-state index is 13.3. The first kappa shape index (κ1) is 16.7. The minimum Gasteiger partial charge on any atom is -0.396 e. The van der Waals surface area contributed by atoms with E-state index in [1.807, 2.05) is 6.92 Å². The van der Waals surface area contributed by atoms with Gasteiger partial charge in [0.05, 0.1) is 11.6 Å². The van der Waals surface area contributed by atoms with Crippen LogP contribution in [0.25, 0.3) is 0 Å². The molecule has 2 atom stereocenters. The van der Waals surface area contributed by atoms with Gasteiger partial charge < -0.3 is 15.7 Å². The van der Waals surface area contributed by atoms with Crippen LogP contribution in [0.5, 0.6) is 0 Å². The quantitative estimate of drug-likeness (QED) is 0.743. The van der Waals surface area contributed by atoms with E-state index in [4.69, 9.17) is 11.6 Å². The van der Waals surface area contributed by atoms with Gasteiger partial charge in [0.2, 0.25) is 0 Å². The summed E-state index contributed by atoms with van der Waals surface area (Å²) in [6, 6.07) is 3.49. The number of aliphatic hydroxyl groups excluding tert-OH is 1. The van der Waals surface area contributed by atoms with Crippen molar-refractivity contribution in [1.29, 1.82) is 0 Å². The van der Waals surface area contributed by atoms with Crippen LogP contribution in [0.2, 0.25) is 5.02 Å². The smallest absolute Gasteiger partial charge is 0.313 e. The van der Waals surface area contributed by atoms with Crippen LogP contribution in [0.4, 0.5) is 10.1 Å². The normalized spacial score (nSPS) is 24.1. The molecule has 1 aliphatic rings. The molecule has 0 heterocycles. The topological polar surface area (TPSA) is 78.4 Å².